The number of ether oxygens (including phenoxy) is 4. The highest BCUT2D eigenvalue weighted by atomic mass is 32.3. The molecule has 5 nitrogen and oxygen atoms in total. The summed E-state index contributed by atoms with van der Waals surface area (Å²) in [6, 6.07) is 0. The van der Waals surface area contributed by atoms with Gasteiger partial charge in [-0.15, -0.1) is 35.3 Å². The Kier molecular flexibility index (Phi) is 10.1. The van der Waals surface area contributed by atoms with Crippen LogP contribution in [0.1, 0.15) is 13.8 Å². The zero-order chi connectivity index (χ0) is 18.2. The van der Waals surface area contributed by atoms with Crippen molar-refractivity contribution in [2.24, 2.45) is 5.92 Å². The molecule has 140 valence electrons. The summed E-state index contributed by atoms with van der Waals surface area (Å²) in [5.41, 5.74) is 1.78. The van der Waals surface area contributed by atoms with Crippen LogP contribution in [0.25, 0.3) is 0 Å². The fourth-order valence-electron chi connectivity index (χ4n) is 2.69. The molecule has 1 saturated heterocycles. The first-order chi connectivity index (χ1) is 11.5. The molecular formula is C16H28O5S3. The smallest absolute Gasteiger partial charge is 0.334 e. The van der Waals surface area contributed by atoms with Crippen LogP contribution in [0.3, 0.4) is 0 Å². The Balaban J connectivity index is 2.85. The van der Waals surface area contributed by atoms with E-state index in [2.05, 4.69) is 18.8 Å². The van der Waals surface area contributed by atoms with Gasteiger partial charge in [-0.1, -0.05) is 5.57 Å². The Labute approximate surface area is 158 Å². The molecule has 0 aromatic heterocycles. The molecule has 24 heavy (non-hydrogen) atoms. The molecule has 1 rings (SSSR count). The molecule has 1 fully saturated rings. The van der Waals surface area contributed by atoms with Crippen LogP contribution in [0.4, 0.5) is 0 Å². The van der Waals surface area contributed by atoms with Gasteiger partial charge in [0.05, 0.1) is 25.7 Å². The molecule has 0 radical (unpaired) electrons. The first-order valence-electron chi connectivity index (χ1n) is 7.65. The van der Waals surface area contributed by atoms with Gasteiger partial charge in [-0.05, 0) is 32.6 Å². The summed E-state index contributed by atoms with van der Waals surface area (Å²) < 4.78 is 21.3. The maximum absolute atomic E-state index is 12.4. The summed E-state index contributed by atoms with van der Waals surface area (Å²) in [4.78, 5) is 12.4. The topological polar surface area (TPSA) is 54.0 Å². The summed E-state index contributed by atoms with van der Waals surface area (Å²) in [6.07, 6.45) is 5.92. The van der Waals surface area contributed by atoms with E-state index in [-0.39, 0.29) is 28.2 Å². The lowest BCUT2D eigenvalue weighted by molar-refractivity contribution is -0.145. The van der Waals surface area contributed by atoms with E-state index in [9.17, 15) is 4.79 Å². The third kappa shape index (κ3) is 5.32. The highest BCUT2D eigenvalue weighted by Gasteiger charge is 2.52. The minimum absolute atomic E-state index is 0.0334. The van der Waals surface area contributed by atoms with Gasteiger partial charge in [-0.2, -0.15) is 0 Å². The standard InChI is InChI=1S/C16H28O5S3/c1-11(2)13-14(16(22-4,23-5)24-6)12(21-15(13)17)9-20-10-19-8-7-18-3/h12,14H,7-10H2,1-6H3/t12-,14-/m1/s1. The van der Waals surface area contributed by atoms with Gasteiger partial charge in [0, 0.05) is 12.7 Å². The first-order valence-corrected chi connectivity index (χ1v) is 11.3. The van der Waals surface area contributed by atoms with Gasteiger partial charge in [0.25, 0.3) is 0 Å². The van der Waals surface area contributed by atoms with Crippen LogP contribution in [0.5, 0.6) is 0 Å². The Hall–Kier alpha value is 0.140. The van der Waals surface area contributed by atoms with Crippen molar-refractivity contribution in [2.45, 2.75) is 23.4 Å². The molecule has 0 amide bonds. The minimum atomic E-state index is -0.305. The monoisotopic (exact) mass is 396 g/mol. The second-order valence-electron chi connectivity index (χ2n) is 5.44. The van der Waals surface area contributed by atoms with E-state index in [1.54, 1.807) is 42.4 Å². The normalized spacial score (nSPS) is 21.2. The third-order valence-electron chi connectivity index (χ3n) is 3.81. The van der Waals surface area contributed by atoms with Gasteiger partial charge >= 0.3 is 5.97 Å². The lowest BCUT2D eigenvalue weighted by atomic mass is 9.94. The molecule has 0 unspecified atom stereocenters. The van der Waals surface area contributed by atoms with Crippen molar-refractivity contribution >= 4 is 41.3 Å². The van der Waals surface area contributed by atoms with Crippen LogP contribution < -0.4 is 0 Å². The molecule has 0 saturated carbocycles. The van der Waals surface area contributed by atoms with E-state index in [4.69, 9.17) is 18.9 Å². The van der Waals surface area contributed by atoms with Crippen molar-refractivity contribution in [3.8, 4) is 0 Å². The molecule has 0 aliphatic carbocycles. The maximum atomic E-state index is 12.4. The number of esters is 1. The number of rotatable bonds is 11. The lowest BCUT2D eigenvalue weighted by Crippen LogP contribution is -2.37. The Bertz CT molecular complexity index is 425. The van der Waals surface area contributed by atoms with Crippen molar-refractivity contribution in [2.75, 3.05) is 52.5 Å². The van der Waals surface area contributed by atoms with Crippen molar-refractivity contribution in [1.82, 2.24) is 0 Å². The Morgan fingerprint density at radius 1 is 1.12 bits per heavy atom. The van der Waals surface area contributed by atoms with Crippen LogP contribution in [-0.2, 0) is 23.7 Å². The number of methoxy groups -OCH3 is 1. The molecular weight excluding hydrogens is 368 g/mol. The van der Waals surface area contributed by atoms with E-state index in [1.807, 2.05) is 13.8 Å². The Morgan fingerprint density at radius 3 is 2.25 bits per heavy atom. The van der Waals surface area contributed by atoms with Crippen molar-refractivity contribution in [3.05, 3.63) is 11.1 Å². The van der Waals surface area contributed by atoms with Crippen LogP contribution in [0, 0.1) is 5.92 Å². The average molecular weight is 397 g/mol. The molecule has 1 aliphatic rings. The van der Waals surface area contributed by atoms with E-state index >= 15 is 0 Å². The van der Waals surface area contributed by atoms with Gasteiger partial charge in [-0.25, -0.2) is 4.79 Å². The lowest BCUT2D eigenvalue weighted by Gasteiger charge is -2.36. The van der Waals surface area contributed by atoms with Gasteiger partial charge in [0.2, 0.25) is 0 Å². The van der Waals surface area contributed by atoms with Crippen LogP contribution >= 0.6 is 35.3 Å². The minimum Gasteiger partial charge on any atom is -0.456 e. The van der Waals surface area contributed by atoms with E-state index in [0.717, 1.165) is 11.1 Å². The largest absolute Gasteiger partial charge is 0.456 e. The number of hydrogen-bond acceptors (Lipinski definition) is 8. The SMILES string of the molecule is COCCOCOC[C@H]1OC(=O)C(=C(C)C)[C@@H]1C(SC)(SC)SC. The number of carbonyl (C=O) groups excluding carboxylic acids is 1. The molecule has 0 spiro atoms. The highest BCUT2D eigenvalue weighted by molar-refractivity contribution is 8.33. The number of thioether (sulfide) groups is 3. The number of cyclic esters (lactones) is 1. The van der Waals surface area contributed by atoms with Crippen molar-refractivity contribution < 1.29 is 23.7 Å². The molecule has 1 heterocycles. The van der Waals surface area contributed by atoms with E-state index < -0.39 is 0 Å². The maximum Gasteiger partial charge on any atom is 0.334 e. The fourth-order valence-corrected chi connectivity index (χ4v) is 6.26. The molecule has 0 bridgehead atoms. The van der Waals surface area contributed by atoms with Crippen LogP contribution in [-0.4, -0.2) is 68.0 Å². The molecule has 2 atom stereocenters. The van der Waals surface area contributed by atoms with Crippen molar-refractivity contribution in [3.63, 3.8) is 0 Å². The zero-order valence-electron chi connectivity index (χ0n) is 15.2. The molecule has 8 heteroatoms. The predicted molar refractivity (Wildman–Crippen MR) is 104 cm³/mol. The van der Waals surface area contributed by atoms with Gasteiger partial charge in [-0.3, -0.25) is 0 Å². The van der Waals surface area contributed by atoms with Gasteiger partial charge in [0.15, 0.2) is 0 Å². The Morgan fingerprint density at radius 2 is 1.75 bits per heavy atom. The van der Waals surface area contributed by atoms with Crippen LogP contribution in [0.15, 0.2) is 11.1 Å². The molecule has 0 aromatic rings. The second kappa shape index (κ2) is 11.0. The summed E-state index contributed by atoms with van der Waals surface area (Å²) in [6.45, 7) is 5.43. The molecule has 0 N–H and O–H groups in total. The van der Waals surface area contributed by atoms with E-state index in [0.29, 0.717) is 19.8 Å². The van der Waals surface area contributed by atoms with Gasteiger partial charge < -0.3 is 18.9 Å². The fraction of sp³-hybridized carbons (Fsp3) is 0.812. The first kappa shape index (κ1) is 22.2. The summed E-state index contributed by atoms with van der Waals surface area (Å²) >= 11 is 5.24. The second-order valence-corrected chi connectivity index (χ2v) is 9.37. The average Bonchev–Trinajstić information content (AvgIpc) is 2.90. The third-order valence-corrected chi connectivity index (χ3v) is 9.28. The van der Waals surface area contributed by atoms with Gasteiger partial charge in [0.1, 0.15) is 16.3 Å². The summed E-state index contributed by atoms with van der Waals surface area (Å²) in [7, 11) is 1.63. The van der Waals surface area contributed by atoms with E-state index in [1.165, 1.54) is 0 Å². The van der Waals surface area contributed by atoms with Crippen molar-refractivity contribution in [1.29, 1.82) is 0 Å². The highest BCUT2D eigenvalue weighted by Crippen LogP contribution is 2.55. The summed E-state index contributed by atoms with van der Waals surface area (Å²) in [5, 5.41) is 0. The molecule has 1 aliphatic heterocycles. The molecule has 0 aromatic carbocycles. The summed E-state index contributed by atoms with van der Waals surface area (Å²) in [5.74, 6) is -0.260. The predicted octanol–water partition coefficient (Wildman–Crippen LogP) is 3.24. The van der Waals surface area contributed by atoms with Crippen LogP contribution in [0.2, 0.25) is 0 Å². The number of carbonyl (C=O) groups is 1. The zero-order valence-corrected chi connectivity index (χ0v) is 17.7. The quantitative estimate of drug-likeness (QED) is 0.228. The number of hydrogen-bond donors (Lipinski definition) is 0. The number of allylic oxidation sites excluding steroid dienone is 1.